The maximum atomic E-state index is 12.4. The molecule has 0 aliphatic heterocycles. The van der Waals surface area contributed by atoms with E-state index in [0.717, 1.165) is 32.6 Å². The summed E-state index contributed by atoms with van der Waals surface area (Å²) < 4.78 is 21.3. The van der Waals surface area contributed by atoms with Gasteiger partial charge in [0, 0.05) is 26.2 Å². The Labute approximate surface area is 185 Å². The van der Waals surface area contributed by atoms with E-state index in [1.165, 1.54) is 26.9 Å². The average Bonchev–Trinajstić information content (AvgIpc) is 2.79. The van der Waals surface area contributed by atoms with Crippen molar-refractivity contribution in [2.75, 3.05) is 61.7 Å². The van der Waals surface area contributed by atoms with Crippen LogP contribution in [0.3, 0.4) is 0 Å². The molecule has 0 saturated carbocycles. The SMILES string of the molecule is COc1cc(C(=O)OCCCN(C)CCN(C)Cc2ccccc2)cc(OC)c1OC. The number of esters is 1. The molecule has 7 nitrogen and oxygen atoms in total. The fourth-order valence-corrected chi connectivity index (χ4v) is 3.21. The summed E-state index contributed by atoms with van der Waals surface area (Å²) in [6.07, 6.45) is 0.759. The molecule has 0 unspecified atom stereocenters. The van der Waals surface area contributed by atoms with Gasteiger partial charge < -0.3 is 28.7 Å². The van der Waals surface area contributed by atoms with Crippen molar-refractivity contribution in [2.24, 2.45) is 0 Å². The lowest BCUT2D eigenvalue weighted by Gasteiger charge is -2.22. The molecule has 0 aliphatic rings. The summed E-state index contributed by atoms with van der Waals surface area (Å²) in [5.41, 5.74) is 1.68. The van der Waals surface area contributed by atoms with Crippen LogP contribution in [0, 0.1) is 0 Å². The third kappa shape index (κ3) is 7.77. The molecule has 2 aromatic rings. The van der Waals surface area contributed by atoms with Crippen molar-refractivity contribution in [1.29, 1.82) is 0 Å². The van der Waals surface area contributed by atoms with Crippen LogP contribution in [0.4, 0.5) is 0 Å². The molecule has 31 heavy (non-hydrogen) atoms. The minimum Gasteiger partial charge on any atom is -0.493 e. The number of hydrogen-bond donors (Lipinski definition) is 0. The summed E-state index contributed by atoms with van der Waals surface area (Å²) in [7, 11) is 8.75. The topological polar surface area (TPSA) is 60.5 Å². The van der Waals surface area contributed by atoms with Crippen molar-refractivity contribution in [2.45, 2.75) is 13.0 Å². The number of rotatable bonds is 13. The average molecular weight is 431 g/mol. The van der Waals surface area contributed by atoms with Crippen molar-refractivity contribution in [3.63, 3.8) is 0 Å². The van der Waals surface area contributed by atoms with Crippen molar-refractivity contribution < 1.29 is 23.7 Å². The molecule has 2 aromatic carbocycles. The Morgan fingerprint density at radius 3 is 2.03 bits per heavy atom. The normalized spacial score (nSPS) is 10.9. The third-order valence-electron chi connectivity index (χ3n) is 4.98. The van der Waals surface area contributed by atoms with E-state index < -0.39 is 5.97 Å². The van der Waals surface area contributed by atoms with Crippen LogP contribution >= 0.6 is 0 Å². The number of ether oxygens (including phenoxy) is 4. The Bertz CT molecular complexity index is 788. The first-order valence-electron chi connectivity index (χ1n) is 10.4. The van der Waals surface area contributed by atoms with Gasteiger partial charge in [0.15, 0.2) is 11.5 Å². The standard InChI is InChI=1S/C24H34N2O5/c1-25(13-14-26(2)18-19-10-7-6-8-11-19)12-9-15-31-24(27)20-16-21(28-3)23(30-5)22(17-20)29-4/h6-8,10-11,16-17H,9,12-15,18H2,1-5H3. The maximum absolute atomic E-state index is 12.4. The number of nitrogens with zero attached hydrogens (tertiary/aromatic N) is 2. The summed E-state index contributed by atoms with van der Waals surface area (Å²) in [6.45, 7) is 4.04. The second kappa shape index (κ2) is 12.8. The molecule has 0 fully saturated rings. The molecule has 2 rings (SSSR count). The Morgan fingerprint density at radius 2 is 1.45 bits per heavy atom. The molecular formula is C24H34N2O5. The van der Waals surface area contributed by atoms with E-state index in [0.29, 0.717) is 29.4 Å². The fraction of sp³-hybridized carbons (Fsp3) is 0.458. The van der Waals surface area contributed by atoms with Gasteiger partial charge >= 0.3 is 5.97 Å². The Balaban J connectivity index is 1.72. The zero-order chi connectivity index (χ0) is 22.6. The Morgan fingerprint density at radius 1 is 0.839 bits per heavy atom. The van der Waals surface area contributed by atoms with Gasteiger partial charge in [-0.3, -0.25) is 0 Å². The summed E-state index contributed by atoms with van der Waals surface area (Å²) in [5.74, 6) is 0.881. The van der Waals surface area contributed by atoms with Crippen LogP contribution in [0.5, 0.6) is 17.2 Å². The number of carbonyl (C=O) groups excluding carboxylic acids is 1. The highest BCUT2D eigenvalue weighted by atomic mass is 16.5. The van der Waals surface area contributed by atoms with Crippen LogP contribution in [0.2, 0.25) is 0 Å². The molecule has 0 aliphatic carbocycles. The zero-order valence-electron chi connectivity index (χ0n) is 19.2. The number of hydrogen-bond acceptors (Lipinski definition) is 7. The molecule has 0 saturated heterocycles. The van der Waals surface area contributed by atoms with Gasteiger partial charge in [-0.05, 0) is 38.2 Å². The Hall–Kier alpha value is -2.77. The minimum absolute atomic E-state index is 0.347. The first-order chi connectivity index (χ1) is 15.0. The summed E-state index contributed by atoms with van der Waals surface area (Å²) in [6, 6.07) is 13.6. The van der Waals surface area contributed by atoms with Crippen molar-refractivity contribution >= 4 is 5.97 Å². The summed E-state index contributed by atoms with van der Waals surface area (Å²) in [4.78, 5) is 17.0. The lowest BCUT2D eigenvalue weighted by atomic mass is 10.2. The third-order valence-corrected chi connectivity index (χ3v) is 4.98. The quantitative estimate of drug-likeness (QED) is 0.357. The molecule has 0 aromatic heterocycles. The molecule has 170 valence electrons. The lowest BCUT2D eigenvalue weighted by molar-refractivity contribution is 0.0489. The van der Waals surface area contributed by atoms with Gasteiger partial charge in [-0.25, -0.2) is 4.79 Å². The highest BCUT2D eigenvalue weighted by Gasteiger charge is 2.17. The van der Waals surface area contributed by atoms with Gasteiger partial charge in [0.25, 0.3) is 0 Å². The van der Waals surface area contributed by atoms with E-state index in [2.05, 4.69) is 48.2 Å². The number of methoxy groups -OCH3 is 3. The van der Waals surface area contributed by atoms with E-state index in [1.807, 2.05) is 6.07 Å². The second-order valence-corrected chi connectivity index (χ2v) is 7.43. The van der Waals surface area contributed by atoms with Crippen LogP contribution in [0.25, 0.3) is 0 Å². The van der Waals surface area contributed by atoms with Gasteiger partial charge in [-0.15, -0.1) is 0 Å². The smallest absolute Gasteiger partial charge is 0.338 e. The maximum Gasteiger partial charge on any atom is 0.338 e. The molecule has 0 bridgehead atoms. The van der Waals surface area contributed by atoms with Gasteiger partial charge in [-0.2, -0.15) is 0 Å². The monoisotopic (exact) mass is 430 g/mol. The van der Waals surface area contributed by atoms with Crippen LogP contribution in [0.15, 0.2) is 42.5 Å². The predicted octanol–water partition coefficient (Wildman–Crippen LogP) is 3.32. The predicted molar refractivity (Wildman–Crippen MR) is 121 cm³/mol. The lowest BCUT2D eigenvalue weighted by Crippen LogP contribution is -2.31. The van der Waals surface area contributed by atoms with E-state index in [-0.39, 0.29) is 0 Å². The number of carbonyl (C=O) groups is 1. The van der Waals surface area contributed by atoms with E-state index >= 15 is 0 Å². The molecule has 7 heteroatoms. The molecule has 0 radical (unpaired) electrons. The first kappa shape index (κ1) is 24.5. The van der Waals surface area contributed by atoms with Crippen LogP contribution in [0.1, 0.15) is 22.3 Å². The second-order valence-electron chi connectivity index (χ2n) is 7.43. The van der Waals surface area contributed by atoms with E-state index in [1.54, 1.807) is 12.1 Å². The summed E-state index contributed by atoms with van der Waals surface area (Å²) >= 11 is 0. The van der Waals surface area contributed by atoms with Gasteiger partial charge in [0.1, 0.15) is 0 Å². The van der Waals surface area contributed by atoms with Crippen LogP contribution < -0.4 is 14.2 Å². The minimum atomic E-state index is -0.412. The van der Waals surface area contributed by atoms with Gasteiger partial charge in [0.2, 0.25) is 5.75 Å². The molecule has 0 N–H and O–H groups in total. The number of benzene rings is 2. The highest BCUT2D eigenvalue weighted by Crippen LogP contribution is 2.38. The van der Waals surface area contributed by atoms with E-state index in [4.69, 9.17) is 18.9 Å². The Kier molecular flexibility index (Phi) is 10.1. The fourth-order valence-electron chi connectivity index (χ4n) is 3.21. The van der Waals surface area contributed by atoms with Crippen molar-refractivity contribution in [3.8, 4) is 17.2 Å². The largest absolute Gasteiger partial charge is 0.493 e. The molecule has 0 heterocycles. The molecular weight excluding hydrogens is 396 g/mol. The van der Waals surface area contributed by atoms with Crippen LogP contribution in [-0.4, -0.2) is 77.4 Å². The van der Waals surface area contributed by atoms with Crippen molar-refractivity contribution in [3.05, 3.63) is 53.6 Å². The van der Waals surface area contributed by atoms with E-state index in [9.17, 15) is 4.79 Å². The first-order valence-corrected chi connectivity index (χ1v) is 10.4. The molecule has 0 amide bonds. The van der Waals surface area contributed by atoms with Gasteiger partial charge in [0.05, 0.1) is 33.5 Å². The highest BCUT2D eigenvalue weighted by molar-refractivity contribution is 5.91. The molecule has 0 spiro atoms. The summed E-state index contributed by atoms with van der Waals surface area (Å²) in [5, 5.41) is 0. The number of likely N-dealkylation sites (N-methyl/N-ethyl adjacent to an activating group) is 2. The van der Waals surface area contributed by atoms with Gasteiger partial charge in [-0.1, -0.05) is 30.3 Å². The van der Waals surface area contributed by atoms with Crippen molar-refractivity contribution in [1.82, 2.24) is 9.80 Å². The zero-order valence-corrected chi connectivity index (χ0v) is 19.2. The van der Waals surface area contributed by atoms with Crippen LogP contribution in [-0.2, 0) is 11.3 Å². The molecule has 0 atom stereocenters.